The first-order valence-corrected chi connectivity index (χ1v) is 7.60. The van der Waals surface area contributed by atoms with Gasteiger partial charge < -0.3 is 5.32 Å². The second-order valence-electron chi connectivity index (χ2n) is 4.41. The van der Waals surface area contributed by atoms with E-state index in [0.717, 1.165) is 22.6 Å². The summed E-state index contributed by atoms with van der Waals surface area (Å²) < 4.78 is 0.974. The number of thiazole rings is 1. The lowest BCUT2D eigenvalue weighted by Gasteiger charge is -2.06. The number of rotatable bonds is 4. The van der Waals surface area contributed by atoms with Crippen LogP contribution in [0.25, 0.3) is 0 Å². The maximum absolute atomic E-state index is 4.40. The van der Waals surface area contributed by atoms with Gasteiger partial charge in [-0.15, -0.1) is 11.3 Å². The van der Waals surface area contributed by atoms with Crippen molar-refractivity contribution in [1.29, 1.82) is 0 Å². The molecule has 2 rings (SSSR count). The van der Waals surface area contributed by atoms with Gasteiger partial charge in [0.2, 0.25) is 0 Å². The Balaban J connectivity index is 2.08. The Kier molecular flexibility index (Phi) is 4.40. The van der Waals surface area contributed by atoms with Crippen molar-refractivity contribution in [3.8, 4) is 0 Å². The first-order chi connectivity index (χ1) is 8.60. The van der Waals surface area contributed by atoms with Gasteiger partial charge in [0.1, 0.15) is 4.60 Å². The molecular weight excluding hydrogens is 308 g/mol. The average molecular weight is 325 g/mol. The average Bonchev–Trinajstić information content (AvgIpc) is 2.69. The Hall–Kier alpha value is -0.870. The van der Waals surface area contributed by atoms with Gasteiger partial charge in [-0.05, 0) is 53.7 Å². The Bertz CT molecular complexity index is 549. The Morgan fingerprint density at radius 2 is 2.06 bits per heavy atom. The highest BCUT2D eigenvalue weighted by Crippen LogP contribution is 2.28. The van der Waals surface area contributed by atoms with Crippen LogP contribution in [0.1, 0.15) is 21.6 Å². The summed E-state index contributed by atoms with van der Waals surface area (Å²) in [5.74, 6) is 0. The zero-order chi connectivity index (χ0) is 13.1. The van der Waals surface area contributed by atoms with E-state index in [1.54, 1.807) is 11.3 Å². The van der Waals surface area contributed by atoms with Gasteiger partial charge in [-0.1, -0.05) is 23.8 Å². The Morgan fingerprint density at radius 3 is 2.67 bits per heavy atom. The van der Waals surface area contributed by atoms with Crippen LogP contribution in [0.3, 0.4) is 0 Å². The number of nitrogens with zero attached hydrogens (tertiary/aromatic N) is 1. The molecule has 0 bridgehead atoms. The zero-order valence-corrected chi connectivity index (χ0v) is 13.3. The first kappa shape index (κ1) is 13.6. The second kappa shape index (κ2) is 5.85. The SMILES string of the molecule is CNc1nc(Br)c(CCc2ccc(C)cc2C)s1. The second-order valence-corrected chi connectivity index (χ2v) is 6.25. The summed E-state index contributed by atoms with van der Waals surface area (Å²) in [6, 6.07) is 6.66. The number of nitrogens with one attached hydrogen (secondary N) is 1. The molecule has 0 fully saturated rings. The highest BCUT2D eigenvalue weighted by atomic mass is 79.9. The van der Waals surface area contributed by atoms with Gasteiger partial charge in [-0.25, -0.2) is 4.98 Å². The molecule has 1 N–H and O–H groups in total. The van der Waals surface area contributed by atoms with E-state index in [2.05, 4.69) is 58.3 Å². The summed E-state index contributed by atoms with van der Waals surface area (Å²) in [5.41, 5.74) is 4.13. The third-order valence-electron chi connectivity index (χ3n) is 2.98. The molecule has 0 spiro atoms. The minimum Gasteiger partial charge on any atom is -0.365 e. The topological polar surface area (TPSA) is 24.9 Å². The zero-order valence-electron chi connectivity index (χ0n) is 10.9. The van der Waals surface area contributed by atoms with E-state index in [1.807, 2.05) is 7.05 Å². The predicted molar refractivity (Wildman–Crippen MR) is 82.7 cm³/mol. The minimum atomic E-state index is 0.970. The van der Waals surface area contributed by atoms with E-state index in [1.165, 1.54) is 21.6 Å². The van der Waals surface area contributed by atoms with Crippen LogP contribution in [0.2, 0.25) is 0 Å². The summed E-state index contributed by atoms with van der Waals surface area (Å²) in [4.78, 5) is 5.71. The van der Waals surface area contributed by atoms with Crippen molar-refractivity contribution >= 4 is 32.4 Å². The van der Waals surface area contributed by atoms with E-state index in [9.17, 15) is 0 Å². The smallest absolute Gasteiger partial charge is 0.183 e. The molecule has 1 aromatic heterocycles. The standard InChI is InChI=1S/C14H17BrN2S/c1-9-4-5-11(10(2)8-9)6-7-12-13(15)17-14(16-3)18-12/h4-5,8H,6-7H2,1-3H3,(H,16,17). The van der Waals surface area contributed by atoms with Crippen LogP contribution in [0, 0.1) is 13.8 Å². The van der Waals surface area contributed by atoms with Crippen LogP contribution < -0.4 is 5.32 Å². The van der Waals surface area contributed by atoms with Crippen LogP contribution in [0.5, 0.6) is 0 Å². The van der Waals surface area contributed by atoms with Crippen LogP contribution in [-0.4, -0.2) is 12.0 Å². The molecule has 0 radical (unpaired) electrons. The van der Waals surface area contributed by atoms with Gasteiger partial charge in [0.25, 0.3) is 0 Å². The number of hydrogen-bond donors (Lipinski definition) is 1. The van der Waals surface area contributed by atoms with Gasteiger partial charge in [0.05, 0.1) is 0 Å². The van der Waals surface area contributed by atoms with E-state index >= 15 is 0 Å². The van der Waals surface area contributed by atoms with Gasteiger partial charge in [0.15, 0.2) is 5.13 Å². The van der Waals surface area contributed by atoms with Crippen molar-refractivity contribution in [2.75, 3.05) is 12.4 Å². The summed E-state index contributed by atoms with van der Waals surface area (Å²) >= 11 is 5.24. The number of halogens is 1. The molecule has 4 heteroatoms. The molecule has 96 valence electrons. The number of aryl methyl sites for hydroxylation is 4. The molecule has 1 aromatic carbocycles. The fourth-order valence-corrected chi connectivity index (χ4v) is 3.51. The largest absolute Gasteiger partial charge is 0.365 e. The van der Waals surface area contributed by atoms with Gasteiger partial charge in [-0.2, -0.15) is 0 Å². The highest BCUT2D eigenvalue weighted by Gasteiger charge is 2.08. The number of aromatic nitrogens is 1. The maximum atomic E-state index is 4.40. The lowest BCUT2D eigenvalue weighted by Crippen LogP contribution is -1.93. The Morgan fingerprint density at radius 1 is 1.28 bits per heavy atom. The fourth-order valence-electron chi connectivity index (χ4n) is 1.97. The van der Waals surface area contributed by atoms with Gasteiger partial charge in [0, 0.05) is 11.9 Å². The quantitative estimate of drug-likeness (QED) is 0.904. The molecular formula is C14H17BrN2S. The van der Waals surface area contributed by atoms with E-state index in [-0.39, 0.29) is 0 Å². The maximum Gasteiger partial charge on any atom is 0.183 e. The van der Waals surface area contributed by atoms with Crippen molar-refractivity contribution < 1.29 is 0 Å². The lowest BCUT2D eigenvalue weighted by molar-refractivity contribution is 0.956. The van der Waals surface area contributed by atoms with Crippen molar-refractivity contribution in [2.24, 2.45) is 0 Å². The molecule has 0 atom stereocenters. The molecule has 1 heterocycles. The molecule has 0 saturated carbocycles. The molecule has 0 aliphatic carbocycles. The first-order valence-electron chi connectivity index (χ1n) is 5.99. The molecule has 2 aromatic rings. The monoisotopic (exact) mass is 324 g/mol. The Labute approximate surface area is 121 Å². The molecule has 0 unspecified atom stereocenters. The number of anilines is 1. The molecule has 0 saturated heterocycles. The van der Waals surface area contributed by atoms with Crippen LogP contribution in [0.15, 0.2) is 22.8 Å². The van der Waals surface area contributed by atoms with Crippen molar-refractivity contribution in [3.63, 3.8) is 0 Å². The van der Waals surface area contributed by atoms with Crippen molar-refractivity contribution in [3.05, 3.63) is 44.4 Å². The molecule has 0 aliphatic rings. The van der Waals surface area contributed by atoms with E-state index < -0.39 is 0 Å². The number of benzene rings is 1. The molecule has 0 aliphatic heterocycles. The molecule has 18 heavy (non-hydrogen) atoms. The fraction of sp³-hybridized carbons (Fsp3) is 0.357. The third kappa shape index (κ3) is 3.12. The van der Waals surface area contributed by atoms with E-state index in [0.29, 0.717) is 0 Å². The van der Waals surface area contributed by atoms with E-state index in [4.69, 9.17) is 0 Å². The lowest BCUT2D eigenvalue weighted by atomic mass is 10.0. The van der Waals surface area contributed by atoms with Gasteiger partial charge >= 0.3 is 0 Å². The number of hydrogen-bond acceptors (Lipinski definition) is 3. The normalized spacial score (nSPS) is 10.7. The summed E-state index contributed by atoms with van der Waals surface area (Å²) in [7, 11) is 1.90. The van der Waals surface area contributed by atoms with Crippen LogP contribution in [-0.2, 0) is 12.8 Å². The van der Waals surface area contributed by atoms with Crippen molar-refractivity contribution in [1.82, 2.24) is 4.98 Å². The molecule has 0 amide bonds. The highest BCUT2D eigenvalue weighted by molar-refractivity contribution is 9.10. The summed E-state index contributed by atoms with van der Waals surface area (Å²) in [5, 5.41) is 4.05. The van der Waals surface area contributed by atoms with Crippen molar-refractivity contribution in [2.45, 2.75) is 26.7 Å². The summed E-state index contributed by atoms with van der Waals surface area (Å²) in [6.45, 7) is 4.32. The summed E-state index contributed by atoms with van der Waals surface area (Å²) in [6.07, 6.45) is 2.10. The van der Waals surface area contributed by atoms with Crippen LogP contribution >= 0.6 is 27.3 Å². The predicted octanol–water partition coefficient (Wildman–Crippen LogP) is 4.35. The van der Waals surface area contributed by atoms with Gasteiger partial charge in [-0.3, -0.25) is 0 Å². The molecule has 2 nitrogen and oxygen atoms in total. The van der Waals surface area contributed by atoms with Crippen LogP contribution in [0.4, 0.5) is 5.13 Å². The minimum absolute atomic E-state index is 0.970. The third-order valence-corrected chi connectivity index (χ3v) is 5.03.